The maximum Gasteiger partial charge on any atom is 0.133 e. The van der Waals surface area contributed by atoms with Crippen molar-refractivity contribution in [1.82, 2.24) is 10.2 Å². The molecule has 3 aromatic rings. The number of nitrogens with zero attached hydrogens (tertiary/aromatic N) is 1. The van der Waals surface area contributed by atoms with Gasteiger partial charge in [0.05, 0.1) is 24.4 Å². The predicted molar refractivity (Wildman–Crippen MR) is 97.4 cm³/mol. The Kier molecular flexibility index (Phi) is 3.69. The summed E-state index contributed by atoms with van der Waals surface area (Å²) in [5.41, 5.74) is 5.44. The van der Waals surface area contributed by atoms with Gasteiger partial charge in [-0.3, -0.25) is 5.10 Å². The number of aromatic amines is 1. The first kappa shape index (κ1) is 15.1. The fourth-order valence-electron chi connectivity index (χ4n) is 3.02. The van der Waals surface area contributed by atoms with E-state index in [0.29, 0.717) is 0 Å². The second-order valence-electron chi connectivity index (χ2n) is 5.60. The number of benzene rings is 2. The highest BCUT2D eigenvalue weighted by Gasteiger charge is 2.26. The van der Waals surface area contributed by atoms with Gasteiger partial charge in [-0.05, 0) is 45.8 Å². The Morgan fingerprint density at radius 2 is 2.04 bits per heavy atom. The van der Waals surface area contributed by atoms with Gasteiger partial charge in [-0.2, -0.15) is 5.10 Å². The topological polar surface area (TPSA) is 59.2 Å². The van der Waals surface area contributed by atoms with Gasteiger partial charge in [-0.15, -0.1) is 0 Å². The van der Waals surface area contributed by atoms with Crippen LogP contribution < -0.4 is 14.8 Å². The van der Waals surface area contributed by atoms with Crippen molar-refractivity contribution in [2.24, 2.45) is 0 Å². The van der Waals surface area contributed by atoms with Gasteiger partial charge < -0.3 is 14.8 Å². The van der Waals surface area contributed by atoms with Gasteiger partial charge in [-0.1, -0.05) is 6.07 Å². The minimum absolute atomic E-state index is 0.812. The monoisotopic (exact) mass is 385 g/mol. The van der Waals surface area contributed by atoms with Gasteiger partial charge in [0, 0.05) is 29.3 Å². The smallest absolute Gasteiger partial charge is 0.133 e. The van der Waals surface area contributed by atoms with Crippen LogP contribution in [0, 0.1) is 0 Å². The van der Waals surface area contributed by atoms with E-state index in [0.717, 1.165) is 50.7 Å². The predicted octanol–water partition coefficient (Wildman–Crippen LogP) is 4.50. The number of rotatable bonds is 4. The van der Waals surface area contributed by atoms with Crippen LogP contribution in [-0.2, 0) is 6.42 Å². The van der Waals surface area contributed by atoms with Crippen LogP contribution in [0.25, 0.3) is 11.3 Å². The van der Waals surface area contributed by atoms with Crippen LogP contribution in [0.2, 0.25) is 0 Å². The van der Waals surface area contributed by atoms with Crippen molar-refractivity contribution in [3.63, 3.8) is 0 Å². The third-order valence-corrected chi connectivity index (χ3v) is 4.83. The standard InChI is InChI=1S/C18H16BrN3O2/c1-23-12-5-3-4-11(8-12)20-18-14-6-10-7-15(19)16(24-2)9-13(10)17(14)21-22-18/h3-5,7-9H,6H2,1-2H3,(H2,20,21,22). The van der Waals surface area contributed by atoms with Crippen molar-refractivity contribution in [2.45, 2.75) is 6.42 Å². The second kappa shape index (κ2) is 5.87. The Labute approximate surface area is 148 Å². The molecule has 4 rings (SSSR count). The Morgan fingerprint density at radius 1 is 1.17 bits per heavy atom. The minimum atomic E-state index is 0.812. The average Bonchev–Trinajstić information content (AvgIpc) is 3.14. The average molecular weight is 386 g/mol. The summed E-state index contributed by atoms with van der Waals surface area (Å²) in [6.45, 7) is 0. The van der Waals surface area contributed by atoms with Gasteiger partial charge in [-0.25, -0.2) is 0 Å². The molecule has 0 saturated heterocycles. The zero-order valence-electron chi connectivity index (χ0n) is 13.3. The quantitative estimate of drug-likeness (QED) is 0.542. The first-order valence-corrected chi connectivity index (χ1v) is 8.34. The molecule has 0 amide bonds. The molecule has 1 aliphatic rings. The highest BCUT2D eigenvalue weighted by molar-refractivity contribution is 9.10. The molecule has 0 fully saturated rings. The number of halogens is 1. The SMILES string of the molecule is COc1cccc(Nc2[nH]nc3c2Cc2cc(Br)c(OC)cc2-3)c1. The number of nitrogens with one attached hydrogen (secondary N) is 2. The molecule has 1 aliphatic carbocycles. The number of aromatic nitrogens is 2. The molecular weight excluding hydrogens is 370 g/mol. The van der Waals surface area contributed by atoms with E-state index in [1.165, 1.54) is 5.56 Å². The maximum absolute atomic E-state index is 5.40. The van der Waals surface area contributed by atoms with Crippen LogP contribution >= 0.6 is 15.9 Å². The largest absolute Gasteiger partial charge is 0.497 e. The summed E-state index contributed by atoms with van der Waals surface area (Å²) in [6.07, 6.45) is 0.829. The molecule has 0 spiro atoms. The summed E-state index contributed by atoms with van der Waals surface area (Å²) in [7, 11) is 3.33. The molecule has 0 bridgehead atoms. The molecule has 0 atom stereocenters. The summed E-state index contributed by atoms with van der Waals surface area (Å²) < 4.78 is 11.6. The van der Waals surface area contributed by atoms with Gasteiger partial charge >= 0.3 is 0 Å². The summed E-state index contributed by atoms with van der Waals surface area (Å²) in [5, 5.41) is 11.0. The molecule has 0 aliphatic heterocycles. The van der Waals surface area contributed by atoms with E-state index in [1.54, 1.807) is 14.2 Å². The van der Waals surface area contributed by atoms with E-state index in [-0.39, 0.29) is 0 Å². The molecular formula is C18H16BrN3O2. The van der Waals surface area contributed by atoms with Gasteiger partial charge in [0.1, 0.15) is 17.3 Å². The van der Waals surface area contributed by atoms with Gasteiger partial charge in [0.25, 0.3) is 0 Å². The van der Waals surface area contributed by atoms with Gasteiger partial charge in [0.2, 0.25) is 0 Å². The Hall–Kier alpha value is -2.47. The molecule has 0 unspecified atom stereocenters. The molecule has 6 heteroatoms. The van der Waals surface area contributed by atoms with E-state index < -0.39 is 0 Å². The molecule has 24 heavy (non-hydrogen) atoms. The number of ether oxygens (including phenoxy) is 2. The van der Waals surface area contributed by atoms with E-state index in [1.807, 2.05) is 30.3 Å². The van der Waals surface area contributed by atoms with Crippen LogP contribution in [0.1, 0.15) is 11.1 Å². The third kappa shape index (κ3) is 2.43. The van der Waals surface area contributed by atoms with E-state index in [4.69, 9.17) is 9.47 Å². The molecule has 0 saturated carbocycles. The molecule has 1 aromatic heterocycles. The molecule has 1 heterocycles. The van der Waals surface area contributed by atoms with Crippen molar-refractivity contribution in [1.29, 1.82) is 0 Å². The fraction of sp³-hybridized carbons (Fsp3) is 0.167. The third-order valence-electron chi connectivity index (χ3n) is 4.21. The van der Waals surface area contributed by atoms with Crippen LogP contribution in [0.15, 0.2) is 40.9 Å². The molecule has 2 aromatic carbocycles. The van der Waals surface area contributed by atoms with E-state index >= 15 is 0 Å². The van der Waals surface area contributed by atoms with Crippen LogP contribution in [0.5, 0.6) is 11.5 Å². The Balaban J connectivity index is 1.69. The Bertz CT molecular complexity index is 921. The van der Waals surface area contributed by atoms with E-state index in [9.17, 15) is 0 Å². The van der Waals surface area contributed by atoms with Crippen LogP contribution in [0.4, 0.5) is 11.5 Å². The zero-order chi connectivity index (χ0) is 16.7. The molecule has 0 radical (unpaired) electrons. The summed E-state index contributed by atoms with van der Waals surface area (Å²) >= 11 is 3.55. The summed E-state index contributed by atoms with van der Waals surface area (Å²) in [6, 6.07) is 12.0. The normalized spacial score (nSPS) is 11.8. The first-order chi connectivity index (χ1) is 11.7. The van der Waals surface area contributed by atoms with Crippen molar-refractivity contribution in [3.05, 3.63) is 52.0 Å². The van der Waals surface area contributed by atoms with Crippen molar-refractivity contribution in [3.8, 4) is 22.8 Å². The Morgan fingerprint density at radius 3 is 2.83 bits per heavy atom. The highest BCUT2D eigenvalue weighted by atomic mass is 79.9. The highest BCUT2D eigenvalue weighted by Crippen LogP contribution is 2.43. The maximum atomic E-state index is 5.40. The summed E-state index contributed by atoms with van der Waals surface area (Å²) in [5.74, 6) is 2.53. The number of hydrogen-bond donors (Lipinski definition) is 2. The van der Waals surface area contributed by atoms with Crippen molar-refractivity contribution >= 4 is 27.4 Å². The second-order valence-corrected chi connectivity index (χ2v) is 6.46. The lowest BCUT2D eigenvalue weighted by molar-refractivity contribution is 0.412. The number of H-pyrrole nitrogens is 1. The summed E-state index contributed by atoms with van der Waals surface area (Å²) in [4.78, 5) is 0. The molecule has 122 valence electrons. The van der Waals surface area contributed by atoms with Crippen molar-refractivity contribution < 1.29 is 9.47 Å². The van der Waals surface area contributed by atoms with Crippen LogP contribution in [-0.4, -0.2) is 24.4 Å². The first-order valence-electron chi connectivity index (χ1n) is 7.54. The number of hydrogen-bond acceptors (Lipinski definition) is 4. The number of anilines is 2. The van der Waals surface area contributed by atoms with Crippen LogP contribution in [0.3, 0.4) is 0 Å². The van der Waals surface area contributed by atoms with Gasteiger partial charge in [0.15, 0.2) is 0 Å². The lowest BCUT2D eigenvalue weighted by Crippen LogP contribution is -1.95. The van der Waals surface area contributed by atoms with Crippen molar-refractivity contribution in [2.75, 3.05) is 19.5 Å². The van der Waals surface area contributed by atoms with E-state index in [2.05, 4.69) is 37.5 Å². The fourth-order valence-corrected chi connectivity index (χ4v) is 3.57. The number of fused-ring (bicyclic) bond motifs is 3. The zero-order valence-corrected chi connectivity index (χ0v) is 14.9. The lowest BCUT2D eigenvalue weighted by atomic mass is 10.1. The lowest BCUT2D eigenvalue weighted by Gasteiger charge is -2.08. The number of methoxy groups -OCH3 is 2. The molecule has 2 N–H and O–H groups in total. The minimum Gasteiger partial charge on any atom is -0.497 e. The molecule has 5 nitrogen and oxygen atoms in total.